The van der Waals surface area contributed by atoms with Crippen LogP contribution >= 0.6 is 0 Å². The molecule has 0 aromatic heterocycles. The van der Waals surface area contributed by atoms with Crippen molar-refractivity contribution in [1.29, 1.82) is 5.41 Å². The molecule has 0 saturated carbocycles. The molecule has 0 bridgehead atoms. The largest absolute Gasteiger partial charge is 0.493 e. The number of ether oxygens (including phenoxy) is 2. The molecule has 1 fully saturated rings. The minimum absolute atomic E-state index is 0.297. The summed E-state index contributed by atoms with van der Waals surface area (Å²) in [4.78, 5) is 2.34. The number of nitrogens with zero attached hydrogens (tertiary/aromatic N) is 2. The Labute approximate surface area is 196 Å². The second kappa shape index (κ2) is 10.5. The van der Waals surface area contributed by atoms with Gasteiger partial charge in [0.1, 0.15) is 5.84 Å². The number of hydrogen-bond donors (Lipinski definition) is 2. The zero-order valence-corrected chi connectivity index (χ0v) is 19.3. The highest BCUT2D eigenvalue weighted by Gasteiger charge is 2.34. The number of methoxy groups -OCH3 is 2. The summed E-state index contributed by atoms with van der Waals surface area (Å²) >= 11 is 0. The number of para-hydroxylation sites is 2. The lowest BCUT2D eigenvalue weighted by Crippen LogP contribution is -2.48. The van der Waals surface area contributed by atoms with Gasteiger partial charge in [-0.1, -0.05) is 60.7 Å². The standard InChI is InChI=1S/C27H32N4O2/c1-32-24-15-9-14-23(26(24)33-2)25(27(28)31(29)22-12-7-4-8-13-22)30-18-16-21(17-19-30)20-10-5-3-6-11-20/h3-15,21,25,28H,16-19,29H2,1-2H3. The van der Waals surface area contributed by atoms with Gasteiger partial charge in [-0.3, -0.25) is 15.3 Å². The highest BCUT2D eigenvalue weighted by atomic mass is 16.5. The number of rotatable bonds is 7. The Kier molecular flexibility index (Phi) is 7.27. The van der Waals surface area contributed by atoms with Crippen molar-refractivity contribution in [2.45, 2.75) is 24.8 Å². The van der Waals surface area contributed by atoms with Gasteiger partial charge in [-0.15, -0.1) is 0 Å². The molecule has 3 aromatic rings. The number of hydrogen-bond acceptors (Lipinski definition) is 5. The average molecular weight is 445 g/mol. The SMILES string of the molecule is COc1cccc(C(C(=N)N(N)c2ccccc2)N2CCC(c3ccccc3)CC2)c1OC. The van der Waals surface area contributed by atoms with Crippen LogP contribution in [0.1, 0.15) is 35.9 Å². The van der Waals surface area contributed by atoms with Crippen LogP contribution < -0.4 is 20.3 Å². The maximum atomic E-state index is 9.14. The third-order valence-corrected chi connectivity index (χ3v) is 6.45. The number of piperidine rings is 1. The monoisotopic (exact) mass is 444 g/mol. The van der Waals surface area contributed by atoms with Crippen molar-refractivity contribution in [3.8, 4) is 11.5 Å². The minimum Gasteiger partial charge on any atom is -0.493 e. The van der Waals surface area contributed by atoms with Crippen LogP contribution in [0.25, 0.3) is 0 Å². The Hall–Kier alpha value is -3.35. The Morgan fingerprint density at radius 3 is 2.15 bits per heavy atom. The molecule has 0 radical (unpaired) electrons. The van der Waals surface area contributed by atoms with E-state index in [1.165, 1.54) is 10.6 Å². The Morgan fingerprint density at radius 2 is 1.55 bits per heavy atom. The summed E-state index contributed by atoms with van der Waals surface area (Å²) in [7, 11) is 3.27. The van der Waals surface area contributed by atoms with Gasteiger partial charge in [0.05, 0.1) is 25.9 Å². The van der Waals surface area contributed by atoms with E-state index in [4.69, 9.17) is 20.7 Å². The summed E-state index contributed by atoms with van der Waals surface area (Å²) in [6.45, 7) is 1.71. The van der Waals surface area contributed by atoms with Crippen molar-refractivity contribution in [3.63, 3.8) is 0 Å². The second-order valence-electron chi connectivity index (χ2n) is 8.30. The van der Waals surface area contributed by atoms with E-state index < -0.39 is 0 Å². The normalized spacial score (nSPS) is 15.6. The first-order chi connectivity index (χ1) is 16.1. The zero-order valence-electron chi connectivity index (χ0n) is 19.3. The lowest BCUT2D eigenvalue weighted by atomic mass is 9.88. The van der Waals surface area contributed by atoms with Gasteiger partial charge in [0.25, 0.3) is 0 Å². The summed E-state index contributed by atoms with van der Waals surface area (Å²) in [5.41, 5.74) is 3.03. The number of anilines is 1. The van der Waals surface area contributed by atoms with Gasteiger partial charge < -0.3 is 9.47 Å². The number of nitrogens with one attached hydrogen (secondary N) is 1. The van der Waals surface area contributed by atoms with E-state index in [1.54, 1.807) is 14.2 Å². The van der Waals surface area contributed by atoms with E-state index in [-0.39, 0.29) is 6.04 Å². The Morgan fingerprint density at radius 1 is 0.909 bits per heavy atom. The van der Waals surface area contributed by atoms with Crippen LogP contribution in [0.4, 0.5) is 5.69 Å². The molecular weight excluding hydrogens is 412 g/mol. The van der Waals surface area contributed by atoms with E-state index in [0.717, 1.165) is 37.2 Å². The quantitative estimate of drug-likeness (QED) is 0.233. The molecule has 4 rings (SSSR count). The lowest BCUT2D eigenvalue weighted by Gasteiger charge is -2.40. The average Bonchev–Trinajstić information content (AvgIpc) is 2.89. The number of hydrazine groups is 1. The van der Waals surface area contributed by atoms with Gasteiger partial charge in [-0.25, -0.2) is 5.84 Å². The predicted octanol–water partition coefficient (Wildman–Crippen LogP) is 4.98. The smallest absolute Gasteiger partial charge is 0.165 e. The molecule has 0 amide bonds. The van der Waals surface area contributed by atoms with Crippen molar-refractivity contribution in [1.82, 2.24) is 4.90 Å². The number of nitrogens with two attached hydrogens (primary N) is 1. The van der Waals surface area contributed by atoms with Crippen molar-refractivity contribution < 1.29 is 9.47 Å². The van der Waals surface area contributed by atoms with Crippen molar-refractivity contribution in [2.75, 3.05) is 32.3 Å². The Balaban J connectivity index is 1.66. The van der Waals surface area contributed by atoms with Gasteiger partial charge >= 0.3 is 0 Å². The molecular formula is C27H32N4O2. The summed E-state index contributed by atoms with van der Waals surface area (Å²) in [6, 6.07) is 25.8. The number of likely N-dealkylation sites (tertiary alicyclic amines) is 1. The molecule has 3 N–H and O–H groups in total. The molecule has 1 aliphatic rings. The van der Waals surface area contributed by atoms with Crippen LogP contribution in [0.15, 0.2) is 78.9 Å². The van der Waals surface area contributed by atoms with E-state index in [0.29, 0.717) is 23.3 Å². The van der Waals surface area contributed by atoms with Crippen molar-refractivity contribution in [2.24, 2.45) is 5.84 Å². The van der Waals surface area contributed by atoms with E-state index in [1.807, 2.05) is 48.5 Å². The first-order valence-electron chi connectivity index (χ1n) is 11.3. The van der Waals surface area contributed by atoms with E-state index in [2.05, 4.69) is 35.2 Å². The fourth-order valence-corrected chi connectivity index (χ4v) is 4.72. The first kappa shape index (κ1) is 22.8. The van der Waals surface area contributed by atoms with Crippen LogP contribution in [0.3, 0.4) is 0 Å². The van der Waals surface area contributed by atoms with Crippen molar-refractivity contribution >= 4 is 11.5 Å². The summed E-state index contributed by atoms with van der Waals surface area (Å²) in [6.07, 6.45) is 2.05. The first-order valence-corrected chi connectivity index (χ1v) is 11.3. The maximum Gasteiger partial charge on any atom is 0.165 e. The lowest BCUT2D eigenvalue weighted by molar-refractivity contribution is 0.183. The molecule has 1 aliphatic heterocycles. The van der Waals surface area contributed by atoms with Crippen LogP contribution in [0.5, 0.6) is 11.5 Å². The molecule has 6 heteroatoms. The molecule has 1 saturated heterocycles. The van der Waals surface area contributed by atoms with Gasteiger partial charge in [-0.2, -0.15) is 0 Å². The summed E-state index contributed by atoms with van der Waals surface area (Å²) in [5, 5.41) is 10.6. The van der Waals surface area contributed by atoms with Gasteiger partial charge in [-0.05, 0) is 55.6 Å². The maximum absolute atomic E-state index is 9.14. The summed E-state index contributed by atoms with van der Waals surface area (Å²) in [5.74, 6) is 8.58. The van der Waals surface area contributed by atoms with Gasteiger partial charge in [0, 0.05) is 5.56 Å². The highest BCUT2D eigenvalue weighted by molar-refractivity contribution is 5.99. The van der Waals surface area contributed by atoms with Crippen LogP contribution in [0.2, 0.25) is 0 Å². The van der Waals surface area contributed by atoms with Gasteiger partial charge in [0.2, 0.25) is 0 Å². The molecule has 3 aromatic carbocycles. The number of amidine groups is 1. The molecule has 1 atom stereocenters. The van der Waals surface area contributed by atoms with Gasteiger partial charge in [0.15, 0.2) is 11.5 Å². The van der Waals surface area contributed by atoms with Crippen molar-refractivity contribution in [3.05, 3.63) is 90.0 Å². The fraction of sp³-hybridized carbons (Fsp3) is 0.296. The van der Waals surface area contributed by atoms with Crippen LogP contribution in [-0.2, 0) is 0 Å². The molecule has 6 nitrogen and oxygen atoms in total. The third kappa shape index (κ3) is 4.87. The Bertz CT molecular complexity index is 1050. The highest BCUT2D eigenvalue weighted by Crippen LogP contribution is 2.40. The topological polar surface area (TPSA) is 74.8 Å². The molecule has 1 unspecified atom stereocenters. The molecule has 1 heterocycles. The molecule has 0 spiro atoms. The minimum atomic E-state index is -0.364. The molecule has 33 heavy (non-hydrogen) atoms. The van der Waals surface area contributed by atoms with E-state index >= 15 is 0 Å². The summed E-state index contributed by atoms with van der Waals surface area (Å²) < 4.78 is 11.3. The molecule has 172 valence electrons. The number of benzene rings is 3. The molecule has 0 aliphatic carbocycles. The van der Waals surface area contributed by atoms with Crippen LogP contribution in [-0.4, -0.2) is 38.0 Å². The zero-order chi connectivity index (χ0) is 23.2. The predicted molar refractivity (Wildman–Crippen MR) is 133 cm³/mol. The van der Waals surface area contributed by atoms with Crippen LogP contribution in [0, 0.1) is 5.41 Å². The van der Waals surface area contributed by atoms with E-state index in [9.17, 15) is 0 Å². The second-order valence-corrected chi connectivity index (χ2v) is 8.30. The third-order valence-electron chi connectivity index (χ3n) is 6.45. The fourth-order valence-electron chi connectivity index (χ4n) is 4.72.